The molecule has 1 N–H and O–H groups in total. The van der Waals surface area contributed by atoms with E-state index in [0.717, 1.165) is 23.5 Å². The highest BCUT2D eigenvalue weighted by atomic mass is 15.0. The molecule has 0 saturated carbocycles. The summed E-state index contributed by atoms with van der Waals surface area (Å²) in [6.45, 7) is 0. The lowest BCUT2D eigenvalue weighted by Gasteiger charge is -2.19. The molecular weight excluding hydrogens is 282 g/mol. The molecule has 0 radical (unpaired) electrons. The second-order valence-electron chi connectivity index (χ2n) is 5.62. The first kappa shape index (κ1) is 13.7. The molecule has 0 spiro atoms. The molecule has 1 aromatic heterocycles. The maximum absolute atomic E-state index is 4.92. The second kappa shape index (κ2) is 6.05. The summed E-state index contributed by atoms with van der Waals surface area (Å²) in [5.41, 5.74) is 5.55. The van der Waals surface area contributed by atoms with E-state index < -0.39 is 0 Å². The van der Waals surface area contributed by atoms with Gasteiger partial charge in [0.05, 0.1) is 23.1 Å². The average molecular weight is 299 g/mol. The van der Waals surface area contributed by atoms with Crippen LogP contribution >= 0.6 is 0 Å². The number of hydrogen-bond donors (Lipinski definition) is 1. The Morgan fingerprint density at radius 2 is 1.57 bits per heavy atom. The number of para-hydroxylation sites is 2. The Morgan fingerprint density at radius 1 is 0.826 bits per heavy atom. The lowest BCUT2D eigenvalue weighted by molar-refractivity contribution is 0.826. The van der Waals surface area contributed by atoms with Gasteiger partial charge in [0.2, 0.25) is 0 Å². The molecule has 0 fully saturated rings. The summed E-state index contributed by atoms with van der Waals surface area (Å²) in [5, 5.41) is 3.63. The summed E-state index contributed by atoms with van der Waals surface area (Å²) in [6, 6.07) is 22.9. The SMILES string of the molecule is c1ccc(C2=Nc3ccccc3NC(c3ccncc3)C2)cc1. The summed E-state index contributed by atoms with van der Waals surface area (Å²) < 4.78 is 0. The number of aliphatic imine (C=N–C) groups is 1. The first-order valence-electron chi connectivity index (χ1n) is 7.78. The molecule has 2 aromatic carbocycles. The van der Waals surface area contributed by atoms with Crippen molar-refractivity contribution < 1.29 is 0 Å². The maximum atomic E-state index is 4.92. The van der Waals surface area contributed by atoms with Gasteiger partial charge in [-0.2, -0.15) is 0 Å². The van der Waals surface area contributed by atoms with E-state index in [4.69, 9.17) is 4.99 Å². The van der Waals surface area contributed by atoms with Crippen LogP contribution in [0, 0.1) is 0 Å². The molecule has 23 heavy (non-hydrogen) atoms. The summed E-state index contributed by atoms with van der Waals surface area (Å²) >= 11 is 0. The van der Waals surface area contributed by atoms with Gasteiger partial charge >= 0.3 is 0 Å². The van der Waals surface area contributed by atoms with E-state index in [1.54, 1.807) is 0 Å². The van der Waals surface area contributed by atoms with Gasteiger partial charge < -0.3 is 5.32 Å². The number of rotatable bonds is 2. The highest BCUT2D eigenvalue weighted by Gasteiger charge is 2.20. The fourth-order valence-corrected chi connectivity index (χ4v) is 2.93. The minimum Gasteiger partial charge on any atom is -0.376 e. The fourth-order valence-electron chi connectivity index (χ4n) is 2.93. The van der Waals surface area contributed by atoms with Gasteiger partial charge in [0.25, 0.3) is 0 Å². The largest absolute Gasteiger partial charge is 0.376 e. The number of benzene rings is 2. The Labute approximate surface area is 135 Å². The Kier molecular flexibility index (Phi) is 3.60. The van der Waals surface area contributed by atoms with Crippen molar-refractivity contribution in [1.82, 2.24) is 4.98 Å². The minimum absolute atomic E-state index is 0.181. The highest BCUT2D eigenvalue weighted by Crippen LogP contribution is 2.35. The third-order valence-electron chi connectivity index (χ3n) is 4.10. The van der Waals surface area contributed by atoms with Gasteiger partial charge in [0.1, 0.15) is 0 Å². The molecule has 3 aromatic rings. The number of anilines is 1. The van der Waals surface area contributed by atoms with Crippen molar-refractivity contribution in [2.24, 2.45) is 4.99 Å². The van der Waals surface area contributed by atoms with Crippen LogP contribution in [0.1, 0.15) is 23.6 Å². The summed E-state index contributed by atoms with van der Waals surface area (Å²) in [4.78, 5) is 9.05. The van der Waals surface area contributed by atoms with Crippen molar-refractivity contribution in [3.05, 3.63) is 90.3 Å². The van der Waals surface area contributed by atoms with Gasteiger partial charge in [-0.3, -0.25) is 9.98 Å². The fraction of sp³-hybridized carbons (Fsp3) is 0.100. The minimum atomic E-state index is 0.181. The molecule has 1 aliphatic rings. The van der Waals surface area contributed by atoms with Gasteiger partial charge in [-0.25, -0.2) is 0 Å². The van der Waals surface area contributed by atoms with Crippen LogP contribution in [0.25, 0.3) is 0 Å². The van der Waals surface area contributed by atoms with Crippen LogP contribution in [0.2, 0.25) is 0 Å². The monoisotopic (exact) mass is 299 g/mol. The van der Waals surface area contributed by atoms with E-state index >= 15 is 0 Å². The molecule has 0 amide bonds. The first-order valence-corrected chi connectivity index (χ1v) is 7.78. The maximum Gasteiger partial charge on any atom is 0.0864 e. The van der Waals surface area contributed by atoms with Crippen molar-refractivity contribution in [2.45, 2.75) is 12.5 Å². The summed E-state index contributed by atoms with van der Waals surface area (Å²) in [5.74, 6) is 0. The zero-order valence-corrected chi connectivity index (χ0v) is 12.7. The molecule has 1 aliphatic heterocycles. The Balaban J connectivity index is 1.81. The lowest BCUT2D eigenvalue weighted by atomic mass is 9.98. The molecule has 1 atom stereocenters. The molecule has 3 heteroatoms. The zero-order chi connectivity index (χ0) is 15.5. The van der Waals surface area contributed by atoms with Crippen molar-refractivity contribution in [3.8, 4) is 0 Å². The van der Waals surface area contributed by atoms with E-state index in [-0.39, 0.29) is 6.04 Å². The highest BCUT2D eigenvalue weighted by molar-refractivity contribution is 6.04. The molecule has 112 valence electrons. The van der Waals surface area contributed by atoms with E-state index in [9.17, 15) is 0 Å². The summed E-state index contributed by atoms with van der Waals surface area (Å²) in [6.07, 6.45) is 4.52. The van der Waals surface area contributed by atoms with E-state index in [2.05, 4.69) is 58.8 Å². The molecule has 0 bridgehead atoms. The van der Waals surface area contributed by atoms with Crippen molar-refractivity contribution in [2.75, 3.05) is 5.32 Å². The normalized spacial score (nSPS) is 16.7. The smallest absolute Gasteiger partial charge is 0.0864 e. The van der Waals surface area contributed by atoms with Crippen molar-refractivity contribution in [1.29, 1.82) is 0 Å². The molecule has 0 aliphatic carbocycles. The van der Waals surface area contributed by atoms with Crippen LogP contribution < -0.4 is 5.32 Å². The number of nitrogens with one attached hydrogen (secondary N) is 1. The predicted molar refractivity (Wildman–Crippen MR) is 94.3 cm³/mol. The van der Waals surface area contributed by atoms with Crippen LogP contribution in [0.5, 0.6) is 0 Å². The third kappa shape index (κ3) is 2.86. The number of pyridine rings is 1. The standard InChI is InChI=1S/C20H17N3/c1-2-6-15(7-3-1)19-14-20(16-10-12-21-13-11-16)23-18-9-5-4-8-17(18)22-19/h1-13,20,23H,14H2. The van der Waals surface area contributed by atoms with E-state index in [0.29, 0.717) is 0 Å². The van der Waals surface area contributed by atoms with Crippen LogP contribution in [0.15, 0.2) is 84.1 Å². The molecule has 3 nitrogen and oxygen atoms in total. The van der Waals surface area contributed by atoms with Gasteiger partial charge in [0.15, 0.2) is 0 Å². The number of nitrogens with zero attached hydrogens (tertiary/aromatic N) is 2. The van der Waals surface area contributed by atoms with Crippen LogP contribution in [0.3, 0.4) is 0 Å². The van der Waals surface area contributed by atoms with Crippen LogP contribution in [0.4, 0.5) is 11.4 Å². The molecule has 2 heterocycles. The van der Waals surface area contributed by atoms with Crippen LogP contribution in [-0.2, 0) is 0 Å². The Hall–Kier alpha value is -2.94. The molecule has 0 saturated heterocycles. The first-order chi connectivity index (χ1) is 11.4. The predicted octanol–water partition coefficient (Wildman–Crippen LogP) is 4.76. The second-order valence-corrected chi connectivity index (χ2v) is 5.62. The van der Waals surface area contributed by atoms with Crippen molar-refractivity contribution in [3.63, 3.8) is 0 Å². The number of aromatic nitrogens is 1. The molecular formula is C20H17N3. The topological polar surface area (TPSA) is 37.3 Å². The Morgan fingerprint density at radius 3 is 2.39 bits per heavy atom. The zero-order valence-electron chi connectivity index (χ0n) is 12.7. The van der Waals surface area contributed by atoms with Gasteiger partial charge in [-0.15, -0.1) is 0 Å². The van der Waals surface area contributed by atoms with Gasteiger partial charge in [0, 0.05) is 18.8 Å². The summed E-state index contributed by atoms with van der Waals surface area (Å²) in [7, 11) is 0. The van der Waals surface area contributed by atoms with E-state index in [1.165, 1.54) is 11.1 Å². The van der Waals surface area contributed by atoms with Crippen LogP contribution in [-0.4, -0.2) is 10.7 Å². The van der Waals surface area contributed by atoms with Gasteiger partial charge in [-0.1, -0.05) is 42.5 Å². The number of fused-ring (bicyclic) bond motifs is 1. The quantitative estimate of drug-likeness (QED) is 0.740. The third-order valence-corrected chi connectivity index (χ3v) is 4.10. The Bertz CT molecular complexity index is 826. The van der Waals surface area contributed by atoms with Crippen molar-refractivity contribution >= 4 is 17.1 Å². The number of hydrogen-bond acceptors (Lipinski definition) is 3. The van der Waals surface area contributed by atoms with E-state index in [1.807, 2.05) is 30.6 Å². The lowest BCUT2D eigenvalue weighted by Crippen LogP contribution is -2.14. The molecule has 1 unspecified atom stereocenters. The van der Waals surface area contributed by atoms with Gasteiger partial charge in [-0.05, 0) is 35.4 Å². The average Bonchev–Trinajstić information content (AvgIpc) is 2.83. The molecule has 4 rings (SSSR count).